The number of hydrogen-bond acceptors (Lipinski definition) is 3. The van der Waals surface area contributed by atoms with Gasteiger partial charge in [0, 0.05) is 15.8 Å². The zero-order chi connectivity index (χ0) is 10.7. The average molecular weight is 213 g/mol. The predicted octanol–water partition coefficient (Wildman–Crippen LogP) is 1.48. The second-order valence-electron chi connectivity index (χ2n) is 3.38. The van der Waals surface area contributed by atoms with Gasteiger partial charge >= 0.3 is 0 Å². The molecule has 1 rings (SSSR count). The number of nitrogens with one attached hydrogen (secondary N) is 1. The Labute approximate surface area is 87.8 Å². The summed E-state index contributed by atoms with van der Waals surface area (Å²) in [5.74, 6) is -0.103. The molecule has 0 fully saturated rings. The first-order valence-electron chi connectivity index (χ1n) is 4.53. The fraction of sp³-hybridized carbons (Fsp3) is 0.500. The summed E-state index contributed by atoms with van der Waals surface area (Å²) in [5.41, 5.74) is 0.716. The Morgan fingerprint density at radius 1 is 1.64 bits per heavy atom. The number of hydrogen-bond donors (Lipinski definition) is 2. The molecule has 1 amide bonds. The SMILES string of the molecule is Cc1cc(C(=O)N[C@@H](C)CO)c(C)s1. The molecule has 0 aliphatic carbocycles. The molecule has 4 heteroatoms. The lowest BCUT2D eigenvalue weighted by Crippen LogP contribution is -2.35. The van der Waals surface area contributed by atoms with Crippen molar-refractivity contribution in [2.75, 3.05) is 6.61 Å². The molecule has 0 unspecified atom stereocenters. The van der Waals surface area contributed by atoms with Crippen LogP contribution in [0.15, 0.2) is 6.07 Å². The molecule has 0 radical (unpaired) electrons. The Balaban J connectivity index is 2.74. The molecule has 0 aliphatic rings. The molecule has 0 aromatic carbocycles. The molecule has 14 heavy (non-hydrogen) atoms. The first-order chi connectivity index (χ1) is 6.54. The molecule has 1 atom stereocenters. The minimum absolute atomic E-state index is 0.0338. The van der Waals surface area contributed by atoms with Crippen molar-refractivity contribution in [3.05, 3.63) is 21.4 Å². The summed E-state index contributed by atoms with van der Waals surface area (Å²) in [6, 6.07) is 1.68. The Kier molecular flexibility index (Phi) is 3.66. The van der Waals surface area contributed by atoms with E-state index in [1.807, 2.05) is 19.9 Å². The lowest BCUT2D eigenvalue weighted by Gasteiger charge is -2.09. The maximum atomic E-state index is 11.6. The van der Waals surface area contributed by atoms with Crippen LogP contribution in [0.25, 0.3) is 0 Å². The molecule has 2 N–H and O–H groups in total. The van der Waals surface area contributed by atoms with Crippen LogP contribution in [0.2, 0.25) is 0 Å². The van der Waals surface area contributed by atoms with Crippen LogP contribution in [0, 0.1) is 13.8 Å². The van der Waals surface area contributed by atoms with Crippen LogP contribution < -0.4 is 5.32 Å². The maximum absolute atomic E-state index is 11.6. The highest BCUT2D eigenvalue weighted by Crippen LogP contribution is 2.20. The van der Waals surface area contributed by atoms with Gasteiger partial charge in [-0.1, -0.05) is 0 Å². The number of aliphatic hydroxyl groups excluding tert-OH is 1. The maximum Gasteiger partial charge on any atom is 0.252 e. The molecule has 0 bridgehead atoms. The van der Waals surface area contributed by atoms with Gasteiger partial charge in [-0.05, 0) is 26.8 Å². The van der Waals surface area contributed by atoms with Gasteiger partial charge in [0.2, 0.25) is 0 Å². The fourth-order valence-corrected chi connectivity index (χ4v) is 2.12. The summed E-state index contributed by atoms with van der Waals surface area (Å²) in [5, 5.41) is 11.5. The molecular weight excluding hydrogens is 198 g/mol. The van der Waals surface area contributed by atoms with Gasteiger partial charge in [-0.15, -0.1) is 11.3 Å². The van der Waals surface area contributed by atoms with Gasteiger partial charge in [-0.2, -0.15) is 0 Å². The van der Waals surface area contributed by atoms with E-state index in [0.717, 1.165) is 9.75 Å². The molecule has 3 nitrogen and oxygen atoms in total. The van der Waals surface area contributed by atoms with E-state index in [0.29, 0.717) is 5.56 Å². The summed E-state index contributed by atoms with van der Waals surface area (Å²) < 4.78 is 0. The zero-order valence-electron chi connectivity index (χ0n) is 8.63. The summed E-state index contributed by atoms with van der Waals surface area (Å²) in [4.78, 5) is 13.8. The van der Waals surface area contributed by atoms with Crippen molar-refractivity contribution in [3.8, 4) is 0 Å². The third-order valence-corrected chi connectivity index (χ3v) is 2.90. The molecule has 1 heterocycles. The number of carbonyl (C=O) groups excluding carboxylic acids is 1. The Morgan fingerprint density at radius 3 is 2.71 bits per heavy atom. The minimum Gasteiger partial charge on any atom is -0.394 e. The summed E-state index contributed by atoms with van der Waals surface area (Å²) in [7, 11) is 0. The summed E-state index contributed by atoms with van der Waals surface area (Å²) in [6.45, 7) is 5.64. The van der Waals surface area contributed by atoms with E-state index in [1.54, 1.807) is 18.3 Å². The van der Waals surface area contributed by atoms with Crippen LogP contribution in [0.1, 0.15) is 27.0 Å². The first kappa shape index (κ1) is 11.2. The van der Waals surface area contributed by atoms with Crippen LogP contribution in [0.4, 0.5) is 0 Å². The molecule has 0 aliphatic heterocycles. The van der Waals surface area contributed by atoms with Crippen molar-refractivity contribution in [2.24, 2.45) is 0 Å². The molecule has 0 saturated heterocycles. The van der Waals surface area contributed by atoms with E-state index in [1.165, 1.54) is 0 Å². The van der Waals surface area contributed by atoms with Crippen LogP contribution >= 0.6 is 11.3 Å². The number of amides is 1. The lowest BCUT2D eigenvalue weighted by atomic mass is 10.2. The van der Waals surface area contributed by atoms with Gasteiger partial charge in [-0.3, -0.25) is 4.79 Å². The summed E-state index contributed by atoms with van der Waals surface area (Å²) in [6.07, 6.45) is 0. The second-order valence-corrected chi connectivity index (χ2v) is 4.84. The van der Waals surface area contributed by atoms with E-state index in [4.69, 9.17) is 5.11 Å². The van der Waals surface area contributed by atoms with Gasteiger partial charge < -0.3 is 10.4 Å². The largest absolute Gasteiger partial charge is 0.394 e. The monoisotopic (exact) mass is 213 g/mol. The van der Waals surface area contributed by atoms with Crippen molar-refractivity contribution in [2.45, 2.75) is 26.8 Å². The molecule has 0 spiro atoms. The van der Waals surface area contributed by atoms with Gasteiger partial charge in [0.05, 0.1) is 12.2 Å². The number of carbonyl (C=O) groups is 1. The highest BCUT2D eigenvalue weighted by molar-refractivity contribution is 7.12. The van der Waals surface area contributed by atoms with E-state index in [-0.39, 0.29) is 18.6 Å². The van der Waals surface area contributed by atoms with E-state index >= 15 is 0 Å². The lowest BCUT2D eigenvalue weighted by molar-refractivity contribution is 0.0922. The predicted molar refractivity (Wildman–Crippen MR) is 57.8 cm³/mol. The Morgan fingerprint density at radius 2 is 2.29 bits per heavy atom. The molecule has 78 valence electrons. The van der Waals surface area contributed by atoms with Gasteiger partial charge in [-0.25, -0.2) is 0 Å². The van der Waals surface area contributed by atoms with Crippen molar-refractivity contribution in [1.82, 2.24) is 5.32 Å². The van der Waals surface area contributed by atoms with E-state index in [2.05, 4.69) is 5.32 Å². The van der Waals surface area contributed by atoms with E-state index in [9.17, 15) is 4.79 Å². The first-order valence-corrected chi connectivity index (χ1v) is 5.35. The average Bonchev–Trinajstić information content (AvgIpc) is 2.45. The number of rotatable bonds is 3. The standard InChI is InChI=1S/C10H15NO2S/c1-6(5-12)11-10(13)9-4-7(2)14-8(9)3/h4,6,12H,5H2,1-3H3,(H,11,13)/t6-/m0/s1. The second kappa shape index (κ2) is 4.57. The highest BCUT2D eigenvalue weighted by Gasteiger charge is 2.13. The quantitative estimate of drug-likeness (QED) is 0.799. The van der Waals surface area contributed by atoms with Crippen molar-refractivity contribution < 1.29 is 9.90 Å². The Hall–Kier alpha value is -0.870. The normalized spacial score (nSPS) is 12.6. The van der Waals surface area contributed by atoms with Gasteiger partial charge in [0.1, 0.15) is 0 Å². The van der Waals surface area contributed by atoms with Crippen molar-refractivity contribution in [3.63, 3.8) is 0 Å². The summed E-state index contributed by atoms with van der Waals surface area (Å²) >= 11 is 1.61. The number of aryl methyl sites for hydroxylation is 2. The zero-order valence-corrected chi connectivity index (χ0v) is 9.44. The molecular formula is C10H15NO2S. The van der Waals surface area contributed by atoms with Crippen LogP contribution in [0.5, 0.6) is 0 Å². The molecule has 1 aromatic heterocycles. The van der Waals surface area contributed by atoms with Crippen LogP contribution in [-0.2, 0) is 0 Å². The van der Waals surface area contributed by atoms with Gasteiger partial charge in [0.15, 0.2) is 0 Å². The smallest absolute Gasteiger partial charge is 0.252 e. The van der Waals surface area contributed by atoms with Crippen molar-refractivity contribution >= 4 is 17.2 Å². The number of aliphatic hydroxyl groups is 1. The number of thiophene rings is 1. The van der Waals surface area contributed by atoms with Crippen molar-refractivity contribution in [1.29, 1.82) is 0 Å². The van der Waals surface area contributed by atoms with Gasteiger partial charge in [0.25, 0.3) is 5.91 Å². The Bertz CT molecular complexity index is 333. The third kappa shape index (κ3) is 2.56. The fourth-order valence-electron chi connectivity index (χ4n) is 1.20. The topological polar surface area (TPSA) is 49.3 Å². The highest BCUT2D eigenvalue weighted by atomic mass is 32.1. The van der Waals surface area contributed by atoms with Crippen LogP contribution in [-0.4, -0.2) is 23.7 Å². The van der Waals surface area contributed by atoms with E-state index < -0.39 is 0 Å². The van der Waals surface area contributed by atoms with Crippen LogP contribution in [0.3, 0.4) is 0 Å². The molecule has 1 aromatic rings. The minimum atomic E-state index is -0.192. The molecule has 0 saturated carbocycles. The third-order valence-electron chi connectivity index (χ3n) is 1.94.